The van der Waals surface area contributed by atoms with Crippen molar-refractivity contribution in [2.24, 2.45) is 0 Å². The molecular weight excluding hydrogens is 355 g/mol. The average Bonchev–Trinajstić information content (AvgIpc) is 3.41. The third-order valence-electron chi connectivity index (χ3n) is 4.72. The van der Waals surface area contributed by atoms with E-state index in [0.29, 0.717) is 31.6 Å². The first-order valence-electron chi connectivity index (χ1n) is 8.35. The largest absolute Gasteiger partial charge is 0.354 e. The van der Waals surface area contributed by atoms with Crippen molar-refractivity contribution >= 4 is 28.3 Å². The highest BCUT2D eigenvalue weighted by Crippen LogP contribution is 2.30. The number of amides is 1. The van der Waals surface area contributed by atoms with E-state index in [4.69, 9.17) is 0 Å². The zero-order valence-corrected chi connectivity index (χ0v) is 14.6. The molecule has 0 N–H and O–H groups in total. The molecule has 7 nitrogen and oxygen atoms in total. The SMILES string of the molecule is O=C1c2cn(-c3ccc(N4CC[C@@H](F)C4)nc3)nc2CN1c1ccns1. The molecular formula is C17H15FN6OS. The smallest absolute Gasteiger partial charge is 0.262 e. The number of aromatic nitrogens is 4. The fraction of sp³-hybridized carbons (Fsp3) is 0.294. The van der Waals surface area contributed by atoms with Gasteiger partial charge in [-0.1, -0.05) is 0 Å². The minimum Gasteiger partial charge on any atom is -0.354 e. The first-order valence-corrected chi connectivity index (χ1v) is 9.13. The first-order chi connectivity index (χ1) is 12.7. The van der Waals surface area contributed by atoms with Crippen molar-refractivity contribution in [2.45, 2.75) is 19.1 Å². The average molecular weight is 370 g/mol. The van der Waals surface area contributed by atoms with Crippen LogP contribution in [0.4, 0.5) is 15.2 Å². The predicted octanol–water partition coefficient (Wildman–Crippen LogP) is 2.43. The van der Waals surface area contributed by atoms with Crippen LogP contribution in [0.3, 0.4) is 0 Å². The van der Waals surface area contributed by atoms with Gasteiger partial charge in [-0.2, -0.15) is 9.47 Å². The van der Waals surface area contributed by atoms with E-state index in [1.807, 2.05) is 23.1 Å². The Morgan fingerprint density at radius 2 is 2.19 bits per heavy atom. The molecule has 0 radical (unpaired) electrons. The van der Waals surface area contributed by atoms with Gasteiger partial charge in [0.1, 0.15) is 17.0 Å². The molecule has 0 aliphatic carbocycles. The van der Waals surface area contributed by atoms with Gasteiger partial charge in [-0.25, -0.2) is 14.1 Å². The summed E-state index contributed by atoms with van der Waals surface area (Å²) in [7, 11) is 0. The summed E-state index contributed by atoms with van der Waals surface area (Å²) in [4.78, 5) is 20.6. The van der Waals surface area contributed by atoms with Crippen LogP contribution in [0.1, 0.15) is 22.5 Å². The molecule has 3 aromatic heterocycles. The molecule has 1 amide bonds. The van der Waals surface area contributed by atoms with Crippen molar-refractivity contribution in [1.82, 2.24) is 19.1 Å². The van der Waals surface area contributed by atoms with Crippen molar-refractivity contribution in [3.63, 3.8) is 0 Å². The highest BCUT2D eigenvalue weighted by Gasteiger charge is 2.32. The predicted molar refractivity (Wildman–Crippen MR) is 95.7 cm³/mol. The van der Waals surface area contributed by atoms with E-state index in [1.54, 1.807) is 28.2 Å². The maximum Gasteiger partial charge on any atom is 0.262 e. The molecule has 132 valence electrons. The van der Waals surface area contributed by atoms with Crippen LogP contribution >= 0.6 is 11.5 Å². The summed E-state index contributed by atoms with van der Waals surface area (Å²) in [5.41, 5.74) is 2.12. The highest BCUT2D eigenvalue weighted by molar-refractivity contribution is 7.10. The number of carbonyl (C=O) groups is 1. The summed E-state index contributed by atoms with van der Waals surface area (Å²) in [5.74, 6) is 0.701. The van der Waals surface area contributed by atoms with Gasteiger partial charge in [-0.15, -0.1) is 0 Å². The van der Waals surface area contributed by atoms with Crippen molar-refractivity contribution < 1.29 is 9.18 Å². The molecule has 0 saturated carbocycles. The zero-order chi connectivity index (χ0) is 17.7. The van der Waals surface area contributed by atoms with Gasteiger partial charge >= 0.3 is 0 Å². The molecule has 0 spiro atoms. The summed E-state index contributed by atoms with van der Waals surface area (Å²) in [5, 5.41) is 5.36. The highest BCUT2D eigenvalue weighted by atomic mass is 32.1. The lowest BCUT2D eigenvalue weighted by Gasteiger charge is -2.16. The molecule has 5 rings (SSSR count). The molecule has 0 unspecified atom stereocenters. The van der Waals surface area contributed by atoms with Crippen LogP contribution in [0, 0.1) is 0 Å². The van der Waals surface area contributed by atoms with Crippen LogP contribution in [0.15, 0.2) is 36.8 Å². The summed E-state index contributed by atoms with van der Waals surface area (Å²) in [6.45, 7) is 1.52. The van der Waals surface area contributed by atoms with Gasteiger partial charge in [0, 0.05) is 18.9 Å². The number of hydrogen-bond acceptors (Lipinski definition) is 6. The molecule has 0 bridgehead atoms. The number of halogens is 1. The van der Waals surface area contributed by atoms with Crippen LogP contribution in [0.5, 0.6) is 0 Å². The molecule has 1 saturated heterocycles. The Morgan fingerprint density at radius 1 is 1.27 bits per heavy atom. The van der Waals surface area contributed by atoms with Crippen LogP contribution < -0.4 is 9.80 Å². The minimum absolute atomic E-state index is 0.0638. The number of alkyl halides is 1. The van der Waals surface area contributed by atoms with E-state index in [0.717, 1.165) is 22.2 Å². The third-order valence-corrected chi connectivity index (χ3v) is 5.49. The molecule has 2 aliphatic heterocycles. The van der Waals surface area contributed by atoms with Crippen molar-refractivity contribution in [3.8, 4) is 5.69 Å². The van der Waals surface area contributed by atoms with Gasteiger partial charge < -0.3 is 4.90 Å². The maximum absolute atomic E-state index is 13.3. The minimum atomic E-state index is -0.780. The fourth-order valence-electron chi connectivity index (χ4n) is 3.36. The van der Waals surface area contributed by atoms with Gasteiger partial charge in [0.05, 0.1) is 36.2 Å². The molecule has 0 aromatic carbocycles. The standard InChI is InChI=1S/C17H15FN6OS/c18-11-4-6-22(8-11)15-2-1-12(7-19-15)24-9-13-14(21-24)10-23(17(13)25)16-3-5-20-26-16/h1-3,5,7,9,11H,4,6,8,10H2/t11-/m1/s1. The normalized spacial score (nSPS) is 19.4. The number of fused-ring (bicyclic) bond motifs is 1. The molecule has 2 aliphatic rings. The van der Waals surface area contributed by atoms with Gasteiger partial charge in [0.2, 0.25) is 0 Å². The lowest BCUT2D eigenvalue weighted by molar-refractivity contribution is 0.0997. The second kappa shape index (κ2) is 5.87. The number of hydrogen-bond donors (Lipinski definition) is 0. The van der Waals surface area contributed by atoms with Crippen molar-refractivity contribution in [1.29, 1.82) is 0 Å². The van der Waals surface area contributed by atoms with Crippen LogP contribution in [-0.2, 0) is 6.54 Å². The number of carbonyl (C=O) groups excluding carboxylic acids is 1. The lowest BCUT2D eigenvalue weighted by Crippen LogP contribution is -2.22. The Morgan fingerprint density at radius 3 is 2.85 bits per heavy atom. The van der Waals surface area contributed by atoms with Crippen LogP contribution in [-0.4, -0.2) is 44.3 Å². The quantitative estimate of drug-likeness (QED) is 0.708. The monoisotopic (exact) mass is 370 g/mol. The molecule has 1 atom stereocenters. The number of anilines is 2. The van der Waals surface area contributed by atoms with Crippen molar-refractivity contribution in [2.75, 3.05) is 22.9 Å². The second-order valence-electron chi connectivity index (χ2n) is 6.38. The van der Waals surface area contributed by atoms with E-state index >= 15 is 0 Å². The molecule has 3 aromatic rings. The Balaban J connectivity index is 1.37. The maximum atomic E-state index is 13.3. The Bertz CT molecular complexity index is 954. The number of pyridine rings is 1. The number of nitrogens with zero attached hydrogens (tertiary/aromatic N) is 6. The molecule has 5 heterocycles. The Hall–Kier alpha value is -2.81. The first kappa shape index (κ1) is 15.4. The fourth-order valence-corrected chi connectivity index (χ4v) is 3.95. The van der Waals surface area contributed by atoms with E-state index in [9.17, 15) is 9.18 Å². The van der Waals surface area contributed by atoms with E-state index in [1.165, 1.54) is 11.5 Å². The van der Waals surface area contributed by atoms with E-state index < -0.39 is 6.17 Å². The van der Waals surface area contributed by atoms with E-state index in [2.05, 4.69) is 14.5 Å². The van der Waals surface area contributed by atoms with Crippen LogP contribution in [0.25, 0.3) is 5.69 Å². The molecule has 26 heavy (non-hydrogen) atoms. The topological polar surface area (TPSA) is 67.2 Å². The second-order valence-corrected chi connectivity index (χ2v) is 7.19. The Labute approximate surface area is 152 Å². The summed E-state index contributed by atoms with van der Waals surface area (Å²) >= 11 is 1.29. The van der Waals surface area contributed by atoms with Gasteiger partial charge in [-0.05, 0) is 36.2 Å². The lowest BCUT2D eigenvalue weighted by atomic mass is 10.3. The zero-order valence-electron chi connectivity index (χ0n) is 13.7. The summed E-state index contributed by atoms with van der Waals surface area (Å²) < 4.78 is 19.1. The van der Waals surface area contributed by atoms with Crippen molar-refractivity contribution in [3.05, 3.63) is 48.0 Å². The molecule has 1 fully saturated rings. The summed E-state index contributed by atoms with van der Waals surface area (Å²) in [6.07, 6.45) is 4.89. The molecule has 9 heteroatoms. The van der Waals surface area contributed by atoms with E-state index in [-0.39, 0.29) is 5.91 Å². The van der Waals surface area contributed by atoms with Gasteiger partial charge in [0.25, 0.3) is 5.91 Å². The Kier molecular flexibility index (Phi) is 3.49. The third kappa shape index (κ3) is 2.47. The van der Waals surface area contributed by atoms with Gasteiger partial charge in [-0.3, -0.25) is 9.69 Å². The summed E-state index contributed by atoms with van der Waals surface area (Å²) in [6, 6.07) is 5.58. The van der Waals surface area contributed by atoms with Crippen LogP contribution in [0.2, 0.25) is 0 Å². The van der Waals surface area contributed by atoms with Gasteiger partial charge in [0.15, 0.2) is 0 Å². The number of rotatable bonds is 3.